The first-order valence-electron chi connectivity index (χ1n) is 5.40. The van der Waals surface area contributed by atoms with Crippen LogP contribution in [0.4, 0.5) is 0 Å². The van der Waals surface area contributed by atoms with E-state index < -0.39 is 6.04 Å². The lowest BCUT2D eigenvalue weighted by Crippen LogP contribution is -2.49. The highest BCUT2D eigenvalue weighted by Gasteiger charge is 2.28. The Hall–Kier alpha value is -1.10. The summed E-state index contributed by atoms with van der Waals surface area (Å²) >= 11 is 0. The zero-order valence-corrected chi connectivity index (χ0v) is 9.11. The first kappa shape index (κ1) is 12.0. The van der Waals surface area contributed by atoms with Gasteiger partial charge in [0.15, 0.2) is 0 Å². The average Bonchev–Trinajstić information content (AvgIpc) is 2.27. The van der Waals surface area contributed by atoms with Crippen LogP contribution in [-0.4, -0.2) is 35.8 Å². The summed E-state index contributed by atoms with van der Waals surface area (Å²) in [6, 6.07) is -0.448. The lowest BCUT2D eigenvalue weighted by Gasteiger charge is -2.32. The third-order valence-corrected chi connectivity index (χ3v) is 2.89. The summed E-state index contributed by atoms with van der Waals surface area (Å²) in [6.45, 7) is 3.00. The van der Waals surface area contributed by atoms with Gasteiger partial charge in [0.1, 0.15) is 0 Å². The van der Waals surface area contributed by atoms with E-state index in [1.54, 1.807) is 4.90 Å². The summed E-state index contributed by atoms with van der Waals surface area (Å²) in [5, 5.41) is 0. The molecule has 5 heteroatoms. The molecule has 15 heavy (non-hydrogen) atoms. The molecule has 2 atom stereocenters. The lowest BCUT2D eigenvalue weighted by atomic mass is 9.97. The van der Waals surface area contributed by atoms with Gasteiger partial charge in [-0.15, -0.1) is 0 Å². The number of piperidine rings is 1. The second-order valence-electron chi connectivity index (χ2n) is 4.04. The highest BCUT2D eigenvalue weighted by atomic mass is 16.2. The molecule has 0 spiro atoms. The van der Waals surface area contributed by atoms with Gasteiger partial charge in [-0.1, -0.05) is 6.92 Å². The van der Waals surface area contributed by atoms with Gasteiger partial charge in [-0.3, -0.25) is 9.59 Å². The summed E-state index contributed by atoms with van der Waals surface area (Å²) in [4.78, 5) is 24.4. The van der Waals surface area contributed by atoms with Crippen molar-refractivity contribution in [3.63, 3.8) is 0 Å². The number of carbonyl (C=O) groups is 2. The normalized spacial score (nSPS) is 23.6. The second-order valence-corrected chi connectivity index (χ2v) is 4.04. The predicted octanol–water partition coefficient (Wildman–Crippen LogP) is -0.552. The van der Waals surface area contributed by atoms with Gasteiger partial charge in [-0.05, 0) is 19.3 Å². The second kappa shape index (κ2) is 5.11. The third kappa shape index (κ3) is 2.92. The molecule has 0 radical (unpaired) electrons. The predicted molar refractivity (Wildman–Crippen MR) is 56.8 cm³/mol. The largest absolute Gasteiger partial charge is 0.369 e. The molecule has 1 aliphatic rings. The molecule has 1 rings (SSSR count). The maximum absolute atomic E-state index is 11.7. The molecule has 1 fully saturated rings. The van der Waals surface area contributed by atoms with Crippen molar-refractivity contribution in [2.75, 3.05) is 13.1 Å². The van der Waals surface area contributed by atoms with Gasteiger partial charge >= 0.3 is 0 Å². The maximum Gasteiger partial charge on any atom is 0.239 e. The Morgan fingerprint density at radius 1 is 1.53 bits per heavy atom. The Balaban J connectivity index is 2.56. The molecular weight excluding hydrogens is 194 g/mol. The molecule has 1 heterocycles. The zero-order chi connectivity index (χ0) is 11.4. The van der Waals surface area contributed by atoms with Crippen LogP contribution in [0.3, 0.4) is 0 Å². The highest BCUT2D eigenvalue weighted by molar-refractivity contribution is 5.83. The molecule has 0 unspecified atom stereocenters. The van der Waals surface area contributed by atoms with E-state index in [1.165, 1.54) is 0 Å². The molecule has 5 nitrogen and oxygen atoms in total. The molecule has 0 bridgehead atoms. The smallest absolute Gasteiger partial charge is 0.239 e. The van der Waals surface area contributed by atoms with Crippen LogP contribution in [0.1, 0.15) is 26.2 Å². The molecule has 0 aliphatic carbocycles. The van der Waals surface area contributed by atoms with E-state index in [2.05, 4.69) is 0 Å². The molecule has 4 N–H and O–H groups in total. The van der Waals surface area contributed by atoms with Crippen LogP contribution in [-0.2, 0) is 9.59 Å². The van der Waals surface area contributed by atoms with Gasteiger partial charge in [-0.25, -0.2) is 0 Å². The van der Waals surface area contributed by atoms with Gasteiger partial charge in [0.2, 0.25) is 11.8 Å². The molecule has 0 aromatic heterocycles. The van der Waals surface area contributed by atoms with Crippen molar-refractivity contribution in [2.45, 2.75) is 32.2 Å². The van der Waals surface area contributed by atoms with Crippen LogP contribution in [0, 0.1) is 5.92 Å². The topological polar surface area (TPSA) is 89.4 Å². The Morgan fingerprint density at radius 2 is 2.20 bits per heavy atom. The molecule has 2 amide bonds. The summed E-state index contributed by atoms with van der Waals surface area (Å²) < 4.78 is 0. The number of primary amides is 1. The highest BCUT2D eigenvalue weighted by Crippen LogP contribution is 2.16. The molecule has 0 aromatic rings. The van der Waals surface area contributed by atoms with E-state index in [4.69, 9.17) is 11.5 Å². The Morgan fingerprint density at radius 3 is 2.73 bits per heavy atom. The number of hydrogen-bond acceptors (Lipinski definition) is 3. The van der Waals surface area contributed by atoms with Gasteiger partial charge < -0.3 is 16.4 Å². The standard InChI is InChI=1S/C10H19N3O2/c1-2-8(11)10(15)13-5-3-4-7(6-13)9(12)14/h7-8H,2-6,11H2,1H3,(H2,12,14)/t7-,8-/m0/s1. The lowest BCUT2D eigenvalue weighted by molar-refractivity contribution is -0.136. The number of amides is 2. The van der Waals surface area contributed by atoms with Crippen LogP contribution in [0.15, 0.2) is 0 Å². The maximum atomic E-state index is 11.7. The third-order valence-electron chi connectivity index (χ3n) is 2.89. The van der Waals surface area contributed by atoms with Crippen LogP contribution in [0.2, 0.25) is 0 Å². The molecule has 86 valence electrons. The van der Waals surface area contributed by atoms with Crippen LogP contribution in [0.25, 0.3) is 0 Å². The van der Waals surface area contributed by atoms with Gasteiger partial charge in [0.25, 0.3) is 0 Å². The van der Waals surface area contributed by atoms with Crippen molar-refractivity contribution in [3.05, 3.63) is 0 Å². The monoisotopic (exact) mass is 213 g/mol. The van der Waals surface area contributed by atoms with E-state index >= 15 is 0 Å². The minimum absolute atomic E-state index is 0.0662. The summed E-state index contributed by atoms with van der Waals surface area (Å²) in [5.74, 6) is -0.590. The van der Waals surface area contributed by atoms with Crippen LogP contribution in [0.5, 0.6) is 0 Å². The minimum Gasteiger partial charge on any atom is -0.369 e. The minimum atomic E-state index is -0.448. The fourth-order valence-electron chi connectivity index (χ4n) is 1.82. The SMILES string of the molecule is CC[C@H](N)C(=O)N1CCC[C@H](C(N)=O)C1. The number of nitrogens with zero attached hydrogens (tertiary/aromatic N) is 1. The summed E-state index contributed by atoms with van der Waals surface area (Å²) in [7, 11) is 0. The number of likely N-dealkylation sites (tertiary alicyclic amines) is 1. The van der Waals surface area contributed by atoms with Gasteiger partial charge in [-0.2, -0.15) is 0 Å². The molecule has 1 aliphatic heterocycles. The molecular formula is C10H19N3O2. The average molecular weight is 213 g/mol. The van der Waals surface area contributed by atoms with Crippen molar-refractivity contribution < 1.29 is 9.59 Å². The fourth-order valence-corrected chi connectivity index (χ4v) is 1.82. The molecule has 1 saturated heterocycles. The number of hydrogen-bond donors (Lipinski definition) is 2. The van der Waals surface area contributed by atoms with E-state index in [-0.39, 0.29) is 17.7 Å². The Labute approximate surface area is 89.8 Å². The Bertz CT molecular complexity index is 255. The van der Waals surface area contributed by atoms with E-state index in [0.29, 0.717) is 19.5 Å². The van der Waals surface area contributed by atoms with Crippen molar-refractivity contribution in [2.24, 2.45) is 17.4 Å². The van der Waals surface area contributed by atoms with Crippen molar-refractivity contribution in [1.29, 1.82) is 0 Å². The zero-order valence-electron chi connectivity index (χ0n) is 9.11. The van der Waals surface area contributed by atoms with Crippen LogP contribution >= 0.6 is 0 Å². The van der Waals surface area contributed by atoms with Gasteiger partial charge in [0.05, 0.1) is 12.0 Å². The number of rotatable bonds is 3. The van der Waals surface area contributed by atoms with Gasteiger partial charge in [0, 0.05) is 13.1 Å². The summed E-state index contributed by atoms with van der Waals surface area (Å²) in [6.07, 6.45) is 2.23. The first-order chi connectivity index (χ1) is 7.06. The molecule has 0 aromatic carbocycles. The number of nitrogens with two attached hydrogens (primary N) is 2. The van der Waals surface area contributed by atoms with Crippen LogP contribution < -0.4 is 11.5 Å². The van der Waals surface area contributed by atoms with Crippen molar-refractivity contribution in [1.82, 2.24) is 4.90 Å². The van der Waals surface area contributed by atoms with Crippen molar-refractivity contribution >= 4 is 11.8 Å². The Kier molecular flexibility index (Phi) is 4.08. The van der Waals surface area contributed by atoms with E-state index in [1.807, 2.05) is 6.92 Å². The quantitative estimate of drug-likeness (QED) is 0.659. The van der Waals surface area contributed by atoms with E-state index in [9.17, 15) is 9.59 Å². The number of carbonyl (C=O) groups excluding carboxylic acids is 2. The van der Waals surface area contributed by atoms with E-state index in [0.717, 1.165) is 12.8 Å². The first-order valence-corrected chi connectivity index (χ1v) is 5.40. The fraction of sp³-hybridized carbons (Fsp3) is 0.800. The molecule has 0 saturated carbocycles. The summed E-state index contributed by atoms with van der Waals surface area (Å²) in [5.41, 5.74) is 10.9. The van der Waals surface area contributed by atoms with Crippen molar-refractivity contribution in [3.8, 4) is 0 Å².